The van der Waals surface area contributed by atoms with Gasteiger partial charge in [-0.15, -0.1) is 0 Å². The van der Waals surface area contributed by atoms with Crippen LogP contribution in [0.25, 0.3) is 11.0 Å². The molecule has 0 saturated carbocycles. The minimum Gasteiger partial charge on any atom is -0.484 e. The fraction of sp³-hybridized carbons (Fsp3) is 0.409. The number of nitrogens with zero attached hydrogens (tertiary/aromatic N) is 2. The van der Waals surface area contributed by atoms with E-state index in [0.717, 1.165) is 0 Å². The second-order valence-corrected chi connectivity index (χ2v) is 9.11. The van der Waals surface area contributed by atoms with Gasteiger partial charge in [0.2, 0.25) is 6.29 Å². The van der Waals surface area contributed by atoms with E-state index in [2.05, 4.69) is 15.0 Å². The molecule has 0 radical (unpaired) electrons. The van der Waals surface area contributed by atoms with Crippen LogP contribution in [0.4, 0.5) is 13.2 Å². The van der Waals surface area contributed by atoms with E-state index in [1.54, 1.807) is 13.0 Å². The lowest BCUT2D eigenvalue weighted by molar-refractivity contribution is -0.271. The number of hydrogen-bond donors (Lipinski definition) is 5. The van der Waals surface area contributed by atoms with Gasteiger partial charge in [-0.3, -0.25) is 4.98 Å². The van der Waals surface area contributed by atoms with Crippen molar-refractivity contribution in [1.82, 2.24) is 15.0 Å². The number of ether oxygens (including phenoxy) is 3. The molecule has 1 aliphatic heterocycles. The Balaban J connectivity index is 1.43. The van der Waals surface area contributed by atoms with Crippen molar-refractivity contribution in [1.29, 1.82) is 0 Å². The predicted molar refractivity (Wildman–Crippen MR) is 121 cm³/mol. The van der Waals surface area contributed by atoms with Crippen molar-refractivity contribution in [3.05, 3.63) is 41.7 Å². The summed E-state index contributed by atoms with van der Waals surface area (Å²) in [5.41, 5.74) is 2.06. The van der Waals surface area contributed by atoms with Crippen molar-refractivity contribution in [3.63, 3.8) is 0 Å². The van der Waals surface area contributed by atoms with Gasteiger partial charge in [-0.05, 0) is 25.1 Å². The smallest absolute Gasteiger partial charge is 0.422 e. The third kappa shape index (κ3) is 6.24. The molecule has 1 saturated heterocycles. The zero-order valence-corrected chi connectivity index (χ0v) is 19.9. The fourth-order valence-corrected chi connectivity index (χ4v) is 4.46. The van der Waals surface area contributed by atoms with E-state index in [9.17, 15) is 33.3 Å². The molecular formula is C22H22F3N3O8S. The molecule has 37 heavy (non-hydrogen) atoms. The summed E-state index contributed by atoms with van der Waals surface area (Å²) in [4.78, 5) is 22.9. The van der Waals surface area contributed by atoms with Crippen molar-refractivity contribution in [3.8, 4) is 11.5 Å². The van der Waals surface area contributed by atoms with E-state index in [1.807, 2.05) is 0 Å². The first-order valence-corrected chi connectivity index (χ1v) is 11.8. The van der Waals surface area contributed by atoms with Crippen LogP contribution < -0.4 is 9.47 Å². The maximum absolute atomic E-state index is 12.5. The topological polar surface area (TPSA) is 167 Å². The molecule has 5 atom stereocenters. The molecule has 1 fully saturated rings. The van der Waals surface area contributed by atoms with Crippen LogP contribution in [-0.2, 0) is 15.3 Å². The number of carboxylic acids is 1. The Morgan fingerprint density at radius 2 is 1.95 bits per heavy atom. The number of nitrogens with one attached hydrogen (secondary N) is 1. The van der Waals surface area contributed by atoms with Gasteiger partial charge >= 0.3 is 12.1 Å². The second-order valence-electron chi connectivity index (χ2n) is 8.15. The number of carbonyl (C=O) groups is 1. The molecule has 2 unspecified atom stereocenters. The number of fused-ring (bicyclic) bond motifs is 1. The first-order chi connectivity index (χ1) is 17.4. The Morgan fingerprint density at radius 3 is 2.65 bits per heavy atom. The Bertz CT molecular complexity index is 1270. The number of aliphatic hydroxyl groups is 3. The number of alkyl halides is 3. The van der Waals surface area contributed by atoms with E-state index in [4.69, 9.17) is 19.3 Å². The summed E-state index contributed by atoms with van der Waals surface area (Å²) in [7, 11) is 0. The molecule has 3 heterocycles. The highest BCUT2D eigenvalue weighted by Crippen LogP contribution is 2.30. The van der Waals surface area contributed by atoms with Crippen molar-refractivity contribution >= 4 is 28.8 Å². The van der Waals surface area contributed by atoms with Crippen LogP contribution in [0.5, 0.6) is 11.5 Å². The zero-order valence-electron chi connectivity index (χ0n) is 19.0. The number of H-pyrrole nitrogens is 1. The van der Waals surface area contributed by atoms with Gasteiger partial charge in [0.15, 0.2) is 17.9 Å². The molecule has 1 aromatic carbocycles. The fourth-order valence-electron chi connectivity index (χ4n) is 3.55. The molecule has 2 aromatic heterocycles. The Labute approximate surface area is 211 Å². The van der Waals surface area contributed by atoms with Crippen LogP contribution in [0.1, 0.15) is 11.3 Å². The number of aliphatic carboxylic acids is 1. The summed E-state index contributed by atoms with van der Waals surface area (Å²) < 4.78 is 52.9. The molecular weight excluding hydrogens is 523 g/mol. The number of halogens is 3. The van der Waals surface area contributed by atoms with Gasteiger partial charge in [-0.25, -0.2) is 9.78 Å². The zero-order chi connectivity index (χ0) is 26.9. The highest BCUT2D eigenvalue weighted by molar-refractivity contribution is 7.98. The molecule has 11 nitrogen and oxygen atoms in total. The number of aliphatic hydroxyl groups excluding tert-OH is 3. The van der Waals surface area contributed by atoms with Crippen LogP contribution in [0.15, 0.2) is 35.6 Å². The van der Waals surface area contributed by atoms with E-state index >= 15 is 0 Å². The third-order valence-electron chi connectivity index (χ3n) is 5.49. The summed E-state index contributed by atoms with van der Waals surface area (Å²) in [5, 5.41) is 39.5. The number of thioether (sulfide) groups is 1. The number of carboxylic acid groups (broad SMARTS) is 1. The first kappa shape index (κ1) is 26.9. The molecule has 0 bridgehead atoms. The standard InChI is InChI=1S/C22H22F3N3O8S/c1-9-13(26-5-4-14(9)34-8-22(23,24)25)7-37-21-27-11-3-2-10(6-12(11)28-21)35-20-17(31)15(29)16(30)18(36-20)19(32)33/h2-6,15-18,20,29-31H,7-8H2,1H3,(H,27,28)(H,32,33)/t15?,16-,17+,18-,20?/m0/s1. The largest absolute Gasteiger partial charge is 0.484 e. The lowest BCUT2D eigenvalue weighted by Gasteiger charge is -2.38. The van der Waals surface area contributed by atoms with E-state index in [0.29, 0.717) is 27.4 Å². The average molecular weight is 545 g/mol. The lowest BCUT2D eigenvalue weighted by atomic mass is 9.99. The molecule has 4 rings (SSSR count). The van der Waals surface area contributed by atoms with Gasteiger partial charge in [0.25, 0.3) is 0 Å². The van der Waals surface area contributed by atoms with E-state index in [1.165, 1.54) is 36.2 Å². The summed E-state index contributed by atoms with van der Waals surface area (Å²) in [6.07, 6.45) is -11.8. The maximum Gasteiger partial charge on any atom is 0.422 e. The molecule has 0 aliphatic carbocycles. The van der Waals surface area contributed by atoms with Crippen LogP contribution in [-0.4, -0.2) is 84.8 Å². The van der Waals surface area contributed by atoms with Crippen LogP contribution in [0.3, 0.4) is 0 Å². The highest BCUT2D eigenvalue weighted by atomic mass is 32.2. The number of benzene rings is 1. The Kier molecular flexibility index (Phi) is 7.80. The minimum absolute atomic E-state index is 0.0872. The number of pyridine rings is 1. The molecule has 5 N–H and O–H groups in total. The maximum atomic E-state index is 12.5. The van der Waals surface area contributed by atoms with E-state index in [-0.39, 0.29) is 17.3 Å². The van der Waals surface area contributed by atoms with Crippen LogP contribution in [0.2, 0.25) is 0 Å². The van der Waals surface area contributed by atoms with Gasteiger partial charge in [-0.2, -0.15) is 13.2 Å². The molecule has 0 amide bonds. The average Bonchev–Trinajstić information content (AvgIpc) is 3.24. The van der Waals surface area contributed by atoms with Crippen molar-refractivity contribution < 1.29 is 52.6 Å². The molecule has 0 spiro atoms. The summed E-state index contributed by atoms with van der Waals surface area (Å²) >= 11 is 1.25. The number of aromatic nitrogens is 3. The number of rotatable bonds is 8. The highest BCUT2D eigenvalue weighted by Gasteiger charge is 2.48. The molecule has 3 aromatic rings. The van der Waals surface area contributed by atoms with Crippen molar-refractivity contribution in [2.45, 2.75) is 54.7 Å². The van der Waals surface area contributed by atoms with Crippen LogP contribution in [0, 0.1) is 6.92 Å². The molecule has 200 valence electrons. The minimum atomic E-state index is -4.46. The lowest BCUT2D eigenvalue weighted by Crippen LogP contribution is -2.61. The van der Waals surface area contributed by atoms with Gasteiger partial charge in [-0.1, -0.05) is 11.8 Å². The molecule has 15 heteroatoms. The molecule has 1 aliphatic rings. The number of aromatic amines is 1. The summed E-state index contributed by atoms with van der Waals surface area (Å²) in [6, 6.07) is 5.97. The Morgan fingerprint density at radius 1 is 1.19 bits per heavy atom. The number of hydrogen-bond acceptors (Lipinski definition) is 10. The first-order valence-electron chi connectivity index (χ1n) is 10.8. The van der Waals surface area contributed by atoms with Gasteiger partial charge in [0, 0.05) is 23.6 Å². The van der Waals surface area contributed by atoms with Gasteiger partial charge < -0.3 is 39.6 Å². The SMILES string of the molecule is Cc1c(OCC(F)(F)F)ccnc1CSc1nc2ccc(OC3O[C@H](C(=O)O)[C@@H](O)C(O)[C@H]3O)cc2[nH]1. The van der Waals surface area contributed by atoms with E-state index < -0.39 is 49.5 Å². The Hall–Kier alpha value is -3.11. The predicted octanol–water partition coefficient (Wildman–Crippen LogP) is 1.77. The van der Waals surface area contributed by atoms with Crippen molar-refractivity contribution in [2.24, 2.45) is 0 Å². The van der Waals surface area contributed by atoms with Crippen molar-refractivity contribution in [2.75, 3.05) is 6.61 Å². The third-order valence-corrected chi connectivity index (χ3v) is 6.38. The van der Waals surface area contributed by atoms with Gasteiger partial charge in [0.05, 0.1) is 16.7 Å². The van der Waals surface area contributed by atoms with Gasteiger partial charge in [0.1, 0.15) is 29.8 Å². The summed E-state index contributed by atoms with van der Waals surface area (Å²) in [5.74, 6) is -0.988. The second kappa shape index (κ2) is 10.7. The normalized spacial score (nSPS) is 24.2. The monoisotopic (exact) mass is 545 g/mol. The summed E-state index contributed by atoms with van der Waals surface area (Å²) in [6.45, 7) is 0.210. The van der Waals surface area contributed by atoms with Crippen LogP contribution >= 0.6 is 11.8 Å². The quantitative estimate of drug-likeness (QED) is 0.262. The number of imidazole rings is 1.